The number of anilines is 1. The molecule has 0 spiro atoms. The van der Waals surface area contributed by atoms with Gasteiger partial charge in [0.2, 0.25) is 0 Å². The summed E-state index contributed by atoms with van der Waals surface area (Å²) in [7, 11) is 0. The van der Waals surface area contributed by atoms with Crippen LogP contribution in [-0.4, -0.2) is 24.2 Å². The summed E-state index contributed by atoms with van der Waals surface area (Å²) >= 11 is 1.58. The number of fused-ring (bicyclic) bond motifs is 1. The van der Waals surface area contributed by atoms with Crippen LogP contribution in [0.1, 0.15) is 53.7 Å². The lowest BCUT2D eigenvalue weighted by Crippen LogP contribution is -2.29. The van der Waals surface area contributed by atoms with Gasteiger partial charge in [0.15, 0.2) is 0 Å². The first kappa shape index (κ1) is 18.6. The number of rotatable bonds is 4. The average molecular weight is 395 g/mol. The van der Waals surface area contributed by atoms with Gasteiger partial charge >= 0.3 is 0 Å². The summed E-state index contributed by atoms with van der Waals surface area (Å²) in [5.74, 6) is 0. The van der Waals surface area contributed by atoms with Crippen molar-refractivity contribution in [3.05, 3.63) is 49.9 Å². The summed E-state index contributed by atoms with van der Waals surface area (Å²) in [5.41, 5.74) is 3.32. The van der Waals surface area contributed by atoms with Crippen molar-refractivity contribution in [3.63, 3.8) is 0 Å². The zero-order chi connectivity index (χ0) is 19.5. The Balaban J connectivity index is 1.63. The molecule has 1 aliphatic heterocycles. The van der Waals surface area contributed by atoms with Crippen LogP contribution in [0.2, 0.25) is 0 Å². The van der Waals surface area contributed by atoms with Crippen LogP contribution >= 0.6 is 11.3 Å². The second-order valence-electron chi connectivity index (χ2n) is 7.31. The predicted octanol–water partition coefficient (Wildman–Crippen LogP) is 5.15. The molecule has 1 aliphatic carbocycles. The highest BCUT2D eigenvalue weighted by molar-refractivity contribution is 7.16. The van der Waals surface area contributed by atoms with E-state index in [1.807, 2.05) is 12.1 Å². The molecule has 0 amide bonds. The van der Waals surface area contributed by atoms with E-state index in [9.17, 15) is 15.4 Å². The van der Waals surface area contributed by atoms with Crippen molar-refractivity contribution >= 4 is 33.9 Å². The number of hydrogen-bond acceptors (Lipinski definition) is 6. The lowest BCUT2D eigenvalue weighted by molar-refractivity contribution is -0.384. The van der Waals surface area contributed by atoms with Crippen LogP contribution in [0.3, 0.4) is 0 Å². The molecule has 2 aromatic rings. The fourth-order valence-electron chi connectivity index (χ4n) is 4.06. The van der Waals surface area contributed by atoms with Gasteiger partial charge in [-0.15, -0.1) is 11.3 Å². The molecule has 0 N–H and O–H groups in total. The fraction of sp³-hybridized carbons (Fsp3) is 0.429. The van der Waals surface area contributed by atoms with Crippen molar-refractivity contribution in [1.29, 1.82) is 5.26 Å². The number of aryl methyl sites for hydroxylation is 1. The summed E-state index contributed by atoms with van der Waals surface area (Å²) < 4.78 is 0. The largest absolute Gasteiger partial charge is 0.366 e. The molecule has 1 aromatic carbocycles. The number of nitro benzene ring substituents is 1. The van der Waals surface area contributed by atoms with Crippen LogP contribution in [-0.2, 0) is 12.8 Å². The molecule has 2 aliphatic rings. The molecule has 0 atom stereocenters. The maximum Gasteiger partial charge on any atom is 0.293 e. The highest BCUT2D eigenvalue weighted by atomic mass is 32.1. The smallest absolute Gasteiger partial charge is 0.293 e. The fourth-order valence-corrected chi connectivity index (χ4v) is 5.24. The Kier molecular flexibility index (Phi) is 5.40. The third-order valence-corrected chi connectivity index (χ3v) is 6.69. The number of hydrogen-bond donors (Lipinski definition) is 0. The number of nitriles is 1. The predicted molar refractivity (Wildman–Crippen MR) is 112 cm³/mol. The van der Waals surface area contributed by atoms with Crippen LogP contribution in [0, 0.1) is 21.4 Å². The lowest BCUT2D eigenvalue weighted by atomic mass is 9.96. The van der Waals surface area contributed by atoms with E-state index in [1.54, 1.807) is 23.6 Å². The van der Waals surface area contributed by atoms with Crippen molar-refractivity contribution in [3.8, 4) is 6.07 Å². The molecule has 1 fully saturated rings. The van der Waals surface area contributed by atoms with Gasteiger partial charge in [0.25, 0.3) is 5.69 Å². The number of benzene rings is 1. The Labute approximate surface area is 168 Å². The quantitative estimate of drug-likeness (QED) is 0.408. The molecule has 0 radical (unpaired) electrons. The van der Waals surface area contributed by atoms with Gasteiger partial charge in [0.05, 0.1) is 10.5 Å². The molecule has 144 valence electrons. The number of nitrogens with zero attached hydrogens (tertiary/aromatic N) is 4. The Morgan fingerprint density at radius 3 is 2.71 bits per heavy atom. The first-order chi connectivity index (χ1) is 13.7. The number of thiophene rings is 1. The number of nitro groups is 1. The molecule has 0 unspecified atom stereocenters. The maximum atomic E-state index is 11.6. The third kappa shape index (κ3) is 3.65. The minimum atomic E-state index is -0.314. The molecule has 1 saturated heterocycles. The second kappa shape index (κ2) is 8.11. The Morgan fingerprint density at radius 1 is 1.18 bits per heavy atom. The minimum Gasteiger partial charge on any atom is -0.366 e. The Morgan fingerprint density at radius 2 is 1.96 bits per heavy atom. The van der Waals surface area contributed by atoms with Gasteiger partial charge < -0.3 is 4.90 Å². The summed E-state index contributed by atoms with van der Waals surface area (Å²) in [6.07, 6.45) is 9.20. The van der Waals surface area contributed by atoms with E-state index in [0.29, 0.717) is 16.8 Å². The monoisotopic (exact) mass is 394 g/mol. The summed E-state index contributed by atoms with van der Waals surface area (Å²) in [4.78, 5) is 19.2. The zero-order valence-corrected chi connectivity index (χ0v) is 16.5. The van der Waals surface area contributed by atoms with E-state index < -0.39 is 0 Å². The van der Waals surface area contributed by atoms with Crippen LogP contribution in [0.15, 0.2) is 23.2 Å². The molecular weight excluding hydrogens is 372 g/mol. The third-order valence-electron chi connectivity index (χ3n) is 5.49. The average Bonchev–Trinajstić information content (AvgIpc) is 3.10. The van der Waals surface area contributed by atoms with E-state index in [1.165, 1.54) is 11.3 Å². The summed E-state index contributed by atoms with van der Waals surface area (Å²) in [6, 6.07) is 7.60. The van der Waals surface area contributed by atoms with Gasteiger partial charge in [-0.2, -0.15) is 5.26 Å². The van der Waals surface area contributed by atoms with Gasteiger partial charge in [0, 0.05) is 30.2 Å². The minimum absolute atomic E-state index is 0.122. The first-order valence-corrected chi connectivity index (χ1v) is 10.6. The van der Waals surface area contributed by atoms with E-state index >= 15 is 0 Å². The van der Waals surface area contributed by atoms with E-state index in [2.05, 4.69) is 16.0 Å². The summed E-state index contributed by atoms with van der Waals surface area (Å²) in [5, 5.41) is 21.9. The topological polar surface area (TPSA) is 82.5 Å². The normalized spacial score (nSPS) is 16.8. The first-order valence-electron chi connectivity index (χ1n) is 9.79. The van der Waals surface area contributed by atoms with Gasteiger partial charge in [-0.05, 0) is 62.1 Å². The Hall–Kier alpha value is -2.72. The van der Waals surface area contributed by atoms with Crippen molar-refractivity contribution in [1.82, 2.24) is 0 Å². The highest BCUT2D eigenvalue weighted by Crippen LogP contribution is 2.39. The van der Waals surface area contributed by atoms with Crippen molar-refractivity contribution < 1.29 is 4.92 Å². The van der Waals surface area contributed by atoms with E-state index in [0.717, 1.165) is 62.2 Å². The molecule has 4 rings (SSSR count). The van der Waals surface area contributed by atoms with Gasteiger partial charge in [0.1, 0.15) is 16.8 Å². The molecule has 0 saturated carbocycles. The maximum absolute atomic E-state index is 11.6. The number of piperidine rings is 1. The van der Waals surface area contributed by atoms with Gasteiger partial charge in [-0.1, -0.05) is 6.07 Å². The zero-order valence-electron chi connectivity index (χ0n) is 15.7. The molecule has 0 bridgehead atoms. The SMILES string of the molecule is N#Cc1c(N=Cc2ccc(N3CCCCC3)c([N+](=O)[O-])c2)sc2c1CCCC2. The van der Waals surface area contributed by atoms with Crippen molar-refractivity contribution in [2.24, 2.45) is 4.99 Å². The Bertz CT molecular complexity index is 968. The number of aliphatic imine (C=N–C) groups is 1. The van der Waals surface area contributed by atoms with Crippen molar-refractivity contribution in [2.75, 3.05) is 18.0 Å². The van der Waals surface area contributed by atoms with Gasteiger partial charge in [-0.25, -0.2) is 4.99 Å². The van der Waals surface area contributed by atoms with Gasteiger partial charge in [-0.3, -0.25) is 10.1 Å². The standard InChI is InChI=1S/C21H22N4O2S/c22-13-17-16-6-2-3-7-20(16)28-21(17)23-14-15-8-9-18(19(12-15)25(26)27)24-10-4-1-5-11-24/h8-9,12,14H,1-7,10-11H2. The molecule has 1 aromatic heterocycles. The molecule has 7 heteroatoms. The van der Waals surface area contributed by atoms with Crippen LogP contribution in [0.4, 0.5) is 16.4 Å². The lowest BCUT2D eigenvalue weighted by Gasteiger charge is -2.28. The van der Waals surface area contributed by atoms with Crippen LogP contribution < -0.4 is 4.90 Å². The van der Waals surface area contributed by atoms with Crippen molar-refractivity contribution in [2.45, 2.75) is 44.9 Å². The molecule has 6 nitrogen and oxygen atoms in total. The second-order valence-corrected chi connectivity index (χ2v) is 8.40. The molecule has 2 heterocycles. The highest BCUT2D eigenvalue weighted by Gasteiger charge is 2.22. The van der Waals surface area contributed by atoms with Crippen LogP contribution in [0.5, 0.6) is 0 Å². The summed E-state index contributed by atoms with van der Waals surface area (Å²) in [6.45, 7) is 1.72. The molecule has 28 heavy (non-hydrogen) atoms. The van der Waals surface area contributed by atoms with E-state index in [-0.39, 0.29) is 10.6 Å². The van der Waals surface area contributed by atoms with E-state index in [4.69, 9.17) is 0 Å². The molecular formula is C21H22N4O2S. The van der Waals surface area contributed by atoms with Crippen LogP contribution in [0.25, 0.3) is 0 Å².